The first-order valence-electron chi connectivity index (χ1n) is 7.60. The number of aryl methyl sites for hydroxylation is 1. The molecule has 0 bridgehead atoms. The molecule has 0 aromatic carbocycles. The predicted octanol–water partition coefficient (Wildman–Crippen LogP) is -1.19. The zero-order chi connectivity index (χ0) is 17.2. The Bertz CT molecular complexity index is 485. The standard InChI is InChI=1S/C13H24N6O.CH2O2/c1-11(19-8-6-17(2)7-9-19)13(20)14-5-4-12-16-15-10-18(12)3;2-1-3/h10-11H,4-9H2,1-3H3,(H,14,20);1H,(H,2,3). The molecule has 0 saturated carbocycles. The summed E-state index contributed by atoms with van der Waals surface area (Å²) in [7, 11) is 4.02. The summed E-state index contributed by atoms with van der Waals surface area (Å²) in [6.07, 6.45) is 2.38. The second-order valence-corrected chi connectivity index (χ2v) is 5.52. The summed E-state index contributed by atoms with van der Waals surface area (Å²) in [6, 6.07) is -0.0665. The molecule has 1 aromatic heterocycles. The van der Waals surface area contributed by atoms with E-state index in [1.165, 1.54) is 0 Å². The van der Waals surface area contributed by atoms with E-state index in [4.69, 9.17) is 9.90 Å². The van der Waals surface area contributed by atoms with E-state index in [-0.39, 0.29) is 18.4 Å². The van der Waals surface area contributed by atoms with Crippen LogP contribution in [0.25, 0.3) is 0 Å². The highest BCUT2D eigenvalue weighted by atomic mass is 16.3. The van der Waals surface area contributed by atoms with Gasteiger partial charge in [-0.3, -0.25) is 14.5 Å². The SMILES string of the molecule is CC(C(=O)NCCc1nncn1C)N1CCN(C)CC1.O=CO. The summed E-state index contributed by atoms with van der Waals surface area (Å²) in [4.78, 5) is 25.0. The second kappa shape index (κ2) is 9.90. The van der Waals surface area contributed by atoms with Crippen LogP contribution in [0.3, 0.4) is 0 Å². The molecule has 1 unspecified atom stereocenters. The number of hydrogen-bond acceptors (Lipinski definition) is 6. The molecule has 1 amide bonds. The summed E-state index contributed by atoms with van der Waals surface area (Å²) < 4.78 is 1.87. The van der Waals surface area contributed by atoms with Crippen molar-refractivity contribution in [2.45, 2.75) is 19.4 Å². The Morgan fingerprint density at radius 1 is 1.39 bits per heavy atom. The first kappa shape index (κ1) is 19.0. The summed E-state index contributed by atoms with van der Waals surface area (Å²) in [6.45, 7) is 6.28. The Labute approximate surface area is 136 Å². The van der Waals surface area contributed by atoms with Crippen LogP contribution >= 0.6 is 0 Å². The Morgan fingerprint density at radius 3 is 2.52 bits per heavy atom. The first-order valence-corrected chi connectivity index (χ1v) is 7.60. The molecular weight excluding hydrogens is 300 g/mol. The van der Waals surface area contributed by atoms with Gasteiger partial charge in [-0.2, -0.15) is 0 Å². The van der Waals surface area contributed by atoms with E-state index in [1.807, 2.05) is 18.5 Å². The topological polar surface area (TPSA) is 104 Å². The molecular formula is C14H26N6O3. The molecule has 1 aromatic rings. The lowest BCUT2D eigenvalue weighted by Crippen LogP contribution is -2.53. The van der Waals surface area contributed by atoms with Crippen LogP contribution in [0.5, 0.6) is 0 Å². The molecule has 1 aliphatic rings. The molecule has 1 aliphatic heterocycles. The molecule has 130 valence electrons. The van der Waals surface area contributed by atoms with E-state index in [2.05, 4.69) is 32.4 Å². The van der Waals surface area contributed by atoms with Gasteiger partial charge in [0.1, 0.15) is 12.2 Å². The van der Waals surface area contributed by atoms with Crippen molar-refractivity contribution < 1.29 is 14.7 Å². The number of likely N-dealkylation sites (N-methyl/N-ethyl adjacent to an activating group) is 1. The van der Waals surface area contributed by atoms with Crippen molar-refractivity contribution in [1.29, 1.82) is 0 Å². The van der Waals surface area contributed by atoms with Gasteiger partial charge < -0.3 is 19.9 Å². The van der Waals surface area contributed by atoms with Crippen LogP contribution in [-0.4, -0.2) is 87.9 Å². The van der Waals surface area contributed by atoms with Crippen LogP contribution in [0.15, 0.2) is 6.33 Å². The fourth-order valence-corrected chi connectivity index (χ4v) is 2.35. The monoisotopic (exact) mass is 326 g/mol. The van der Waals surface area contributed by atoms with Crippen LogP contribution in [0, 0.1) is 0 Å². The van der Waals surface area contributed by atoms with Crippen molar-refractivity contribution in [2.24, 2.45) is 7.05 Å². The second-order valence-electron chi connectivity index (χ2n) is 5.52. The number of aromatic nitrogens is 3. The molecule has 2 heterocycles. The highest BCUT2D eigenvalue weighted by Gasteiger charge is 2.23. The highest BCUT2D eigenvalue weighted by Crippen LogP contribution is 2.05. The van der Waals surface area contributed by atoms with E-state index in [1.54, 1.807) is 6.33 Å². The largest absolute Gasteiger partial charge is 0.483 e. The van der Waals surface area contributed by atoms with Crippen molar-refractivity contribution in [2.75, 3.05) is 39.8 Å². The van der Waals surface area contributed by atoms with E-state index >= 15 is 0 Å². The molecule has 1 saturated heterocycles. The summed E-state index contributed by atoms with van der Waals surface area (Å²) in [5.41, 5.74) is 0. The lowest BCUT2D eigenvalue weighted by molar-refractivity contribution is -0.126. The van der Waals surface area contributed by atoms with Crippen molar-refractivity contribution in [3.05, 3.63) is 12.2 Å². The number of carboxylic acid groups (broad SMARTS) is 1. The van der Waals surface area contributed by atoms with E-state index in [9.17, 15) is 4.79 Å². The third-order valence-corrected chi connectivity index (χ3v) is 3.92. The summed E-state index contributed by atoms with van der Waals surface area (Å²) in [5, 5.41) is 17.7. The molecule has 9 heteroatoms. The number of piperazine rings is 1. The van der Waals surface area contributed by atoms with Gasteiger partial charge in [-0.25, -0.2) is 0 Å². The molecule has 9 nitrogen and oxygen atoms in total. The van der Waals surface area contributed by atoms with Crippen LogP contribution in [0.4, 0.5) is 0 Å². The molecule has 1 atom stereocenters. The number of amides is 1. The number of nitrogens with zero attached hydrogens (tertiary/aromatic N) is 5. The maximum absolute atomic E-state index is 12.1. The lowest BCUT2D eigenvalue weighted by atomic mass is 10.2. The fourth-order valence-electron chi connectivity index (χ4n) is 2.35. The molecule has 2 rings (SSSR count). The van der Waals surface area contributed by atoms with Gasteiger partial charge in [0.15, 0.2) is 0 Å². The lowest BCUT2D eigenvalue weighted by Gasteiger charge is -2.35. The minimum absolute atomic E-state index is 0.0665. The van der Waals surface area contributed by atoms with Crippen molar-refractivity contribution in [3.63, 3.8) is 0 Å². The van der Waals surface area contributed by atoms with E-state index in [0.29, 0.717) is 13.0 Å². The van der Waals surface area contributed by atoms with Gasteiger partial charge in [0.2, 0.25) is 5.91 Å². The molecule has 0 spiro atoms. The minimum Gasteiger partial charge on any atom is -0.483 e. The Balaban J connectivity index is 0.000000816. The third-order valence-electron chi connectivity index (χ3n) is 3.92. The van der Waals surface area contributed by atoms with Crippen LogP contribution in [-0.2, 0) is 23.1 Å². The normalized spacial score (nSPS) is 17.0. The molecule has 0 aliphatic carbocycles. The number of carbonyl (C=O) groups is 2. The molecule has 0 radical (unpaired) electrons. The van der Waals surface area contributed by atoms with Crippen molar-refractivity contribution in [1.82, 2.24) is 29.9 Å². The van der Waals surface area contributed by atoms with Crippen LogP contribution in [0.1, 0.15) is 12.7 Å². The molecule has 23 heavy (non-hydrogen) atoms. The first-order chi connectivity index (χ1) is 11.0. The van der Waals surface area contributed by atoms with E-state index in [0.717, 1.165) is 32.0 Å². The molecule has 1 fully saturated rings. The maximum atomic E-state index is 12.1. The Hall–Kier alpha value is -2.00. The minimum atomic E-state index is -0.250. The van der Waals surface area contributed by atoms with Gasteiger partial charge in [-0.05, 0) is 14.0 Å². The van der Waals surface area contributed by atoms with Crippen LogP contribution < -0.4 is 5.32 Å². The molecule has 2 N–H and O–H groups in total. The van der Waals surface area contributed by atoms with Gasteiger partial charge in [0.05, 0.1) is 6.04 Å². The number of hydrogen-bond donors (Lipinski definition) is 2. The predicted molar refractivity (Wildman–Crippen MR) is 84.9 cm³/mol. The Kier molecular flexibility index (Phi) is 8.20. The summed E-state index contributed by atoms with van der Waals surface area (Å²) >= 11 is 0. The number of rotatable bonds is 5. The maximum Gasteiger partial charge on any atom is 0.290 e. The van der Waals surface area contributed by atoms with E-state index < -0.39 is 0 Å². The smallest absolute Gasteiger partial charge is 0.290 e. The average molecular weight is 326 g/mol. The van der Waals surface area contributed by atoms with Gasteiger partial charge in [-0.1, -0.05) is 0 Å². The van der Waals surface area contributed by atoms with Crippen molar-refractivity contribution in [3.8, 4) is 0 Å². The fraction of sp³-hybridized carbons (Fsp3) is 0.714. The number of carbonyl (C=O) groups excluding carboxylic acids is 1. The average Bonchev–Trinajstić information content (AvgIpc) is 2.93. The van der Waals surface area contributed by atoms with Crippen LogP contribution in [0.2, 0.25) is 0 Å². The Morgan fingerprint density at radius 2 is 2.00 bits per heavy atom. The third kappa shape index (κ3) is 6.33. The van der Waals surface area contributed by atoms with Gasteiger partial charge in [-0.15, -0.1) is 10.2 Å². The quantitative estimate of drug-likeness (QED) is 0.656. The highest BCUT2D eigenvalue weighted by molar-refractivity contribution is 5.81. The van der Waals surface area contributed by atoms with Gasteiger partial charge in [0.25, 0.3) is 6.47 Å². The van der Waals surface area contributed by atoms with Gasteiger partial charge in [0, 0.05) is 46.2 Å². The number of nitrogens with one attached hydrogen (secondary N) is 1. The van der Waals surface area contributed by atoms with Gasteiger partial charge >= 0.3 is 0 Å². The zero-order valence-corrected chi connectivity index (χ0v) is 14.0. The van der Waals surface area contributed by atoms with Crippen molar-refractivity contribution >= 4 is 12.4 Å². The zero-order valence-electron chi connectivity index (χ0n) is 14.0. The summed E-state index contributed by atoms with van der Waals surface area (Å²) in [5.74, 6) is 0.981.